The number of benzene rings is 1. The van der Waals surface area contributed by atoms with Gasteiger partial charge in [0.1, 0.15) is 5.75 Å². The van der Waals surface area contributed by atoms with Gasteiger partial charge in [0, 0.05) is 50.4 Å². The first-order valence-corrected chi connectivity index (χ1v) is 9.77. The van der Waals surface area contributed by atoms with Crippen molar-refractivity contribution >= 4 is 22.0 Å². The first-order chi connectivity index (χ1) is 12.7. The molecule has 3 aromatic rings. The van der Waals surface area contributed by atoms with Gasteiger partial charge in [-0.25, -0.2) is 4.98 Å². The molecule has 0 unspecified atom stereocenters. The quantitative estimate of drug-likeness (QED) is 0.691. The summed E-state index contributed by atoms with van der Waals surface area (Å²) < 4.78 is 7.35. The Morgan fingerprint density at radius 1 is 1.19 bits per heavy atom. The van der Waals surface area contributed by atoms with Crippen molar-refractivity contribution in [3.05, 3.63) is 58.0 Å². The van der Waals surface area contributed by atoms with E-state index >= 15 is 0 Å². The Balaban J connectivity index is 1.43. The standard InChI is InChI=1S/C19H22N4O2S/c1-2-25-17-6-4-3-5-16(17)22-9-7-21(8-10-22)14-15-13-18(24)23-11-12-26-19(23)20-15/h3-6,11-13H,2,7-10,14H2,1H3. The number of hydrogen-bond donors (Lipinski definition) is 0. The normalized spacial score (nSPS) is 15.5. The Morgan fingerprint density at radius 3 is 2.81 bits per heavy atom. The Hall–Kier alpha value is -2.38. The van der Waals surface area contributed by atoms with Crippen LogP contribution in [0.15, 0.2) is 46.7 Å². The predicted octanol–water partition coefficient (Wildman–Crippen LogP) is 2.48. The smallest absolute Gasteiger partial charge is 0.258 e. The molecule has 0 radical (unpaired) electrons. The number of fused-ring (bicyclic) bond motifs is 1. The van der Waals surface area contributed by atoms with Gasteiger partial charge >= 0.3 is 0 Å². The largest absolute Gasteiger partial charge is 0.492 e. The van der Waals surface area contributed by atoms with E-state index in [-0.39, 0.29) is 5.56 Å². The fourth-order valence-electron chi connectivity index (χ4n) is 3.34. The van der Waals surface area contributed by atoms with Crippen LogP contribution in [0.4, 0.5) is 5.69 Å². The molecule has 0 saturated carbocycles. The first-order valence-electron chi connectivity index (χ1n) is 8.89. The highest BCUT2D eigenvalue weighted by molar-refractivity contribution is 7.15. The molecule has 1 aromatic carbocycles. The predicted molar refractivity (Wildman–Crippen MR) is 104 cm³/mol. The molecule has 2 aromatic heterocycles. The average molecular weight is 370 g/mol. The second-order valence-electron chi connectivity index (χ2n) is 6.31. The maximum Gasteiger partial charge on any atom is 0.258 e. The van der Waals surface area contributed by atoms with E-state index in [4.69, 9.17) is 4.74 Å². The van der Waals surface area contributed by atoms with Crippen LogP contribution in [0.25, 0.3) is 4.96 Å². The molecule has 0 N–H and O–H groups in total. The number of thiazole rings is 1. The Bertz CT molecular complexity index is 944. The monoisotopic (exact) mass is 370 g/mol. The molecule has 7 heteroatoms. The van der Waals surface area contributed by atoms with Crippen LogP contribution in [0.2, 0.25) is 0 Å². The lowest BCUT2D eigenvalue weighted by molar-refractivity contribution is 0.246. The van der Waals surface area contributed by atoms with Gasteiger partial charge in [-0.3, -0.25) is 14.1 Å². The van der Waals surface area contributed by atoms with Crippen LogP contribution in [-0.2, 0) is 6.54 Å². The van der Waals surface area contributed by atoms with E-state index in [1.54, 1.807) is 16.7 Å². The Kier molecular flexibility index (Phi) is 4.90. The lowest BCUT2D eigenvalue weighted by Gasteiger charge is -2.36. The molecule has 1 saturated heterocycles. The number of ether oxygens (including phenoxy) is 1. The van der Waals surface area contributed by atoms with Crippen LogP contribution in [0, 0.1) is 0 Å². The third kappa shape index (κ3) is 3.45. The van der Waals surface area contributed by atoms with Gasteiger partial charge in [0.15, 0.2) is 4.96 Å². The van der Waals surface area contributed by atoms with Crippen molar-refractivity contribution in [2.45, 2.75) is 13.5 Å². The minimum atomic E-state index is -0.00414. The zero-order valence-electron chi connectivity index (χ0n) is 14.8. The molecule has 26 heavy (non-hydrogen) atoms. The third-order valence-electron chi connectivity index (χ3n) is 4.62. The molecule has 0 spiro atoms. The van der Waals surface area contributed by atoms with Crippen molar-refractivity contribution in [2.24, 2.45) is 0 Å². The Labute approximate surface area is 156 Å². The van der Waals surface area contributed by atoms with Gasteiger partial charge in [-0.15, -0.1) is 11.3 Å². The summed E-state index contributed by atoms with van der Waals surface area (Å²) in [6, 6.07) is 9.86. The molecule has 1 aliphatic rings. The SMILES string of the molecule is CCOc1ccccc1N1CCN(Cc2cc(=O)n3ccsc3n2)CC1. The molecule has 136 valence electrons. The highest BCUT2D eigenvalue weighted by Crippen LogP contribution is 2.28. The van der Waals surface area contributed by atoms with Crippen molar-refractivity contribution in [3.63, 3.8) is 0 Å². The maximum absolute atomic E-state index is 12.1. The summed E-state index contributed by atoms with van der Waals surface area (Å²) in [5, 5.41) is 1.89. The van der Waals surface area contributed by atoms with Crippen molar-refractivity contribution in [1.29, 1.82) is 0 Å². The number of piperazine rings is 1. The number of rotatable bonds is 5. The Morgan fingerprint density at radius 2 is 2.00 bits per heavy atom. The zero-order chi connectivity index (χ0) is 17.9. The molecule has 0 amide bonds. The third-order valence-corrected chi connectivity index (χ3v) is 5.38. The lowest BCUT2D eigenvalue weighted by atomic mass is 10.2. The van der Waals surface area contributed by atoms with Crippen LogP contribution in [0.1, 0.15) is 12.6 Å². The van der Waals surface area contributed by atoms with E-state index in [1.165, 1.54) is 11.3 Å². The lowest BCUT2D eigenvalue weighted by Crippen LogP contribution is -2.46. The van der Waals surface area contributed by atoms with Crippen molar-refractivity contribution in [2.75, 3.05) is 37.7 Å². The summed E-state index contributed by atoms with van der Waals surface area (Å²) in [6.45, 7) is 7.13. The van der Waals surface area contributed by atoms with Crippen LogP contribution < -0.4 is 15.2 Å². The van der Waals surface area contributed by atoms with Gasteiger partial charge in [0.05, 0.1) is 18.0 Å². The molecule has 6 nitrogen and oxygen atoms in total. The summed E-state index contributed by atoms with van der Waals surface area (Å²) in [7, 11) is 0. The first kappa shape index (κ1) is 17.1. The van der Waals surface area contributed by atoms with Gasteiger partial charge in [-0.1, -0.05) is 12.1 Å². The maximum atomic E-state index is 12.1. The summed E-state index contributed by atoms with van der Waals surface area (Å²) in [4.78, 5) is 22.2. The van der Waals surface area contributed by atoms with E-state index < -0.39 is 0 Å². The van der Waals surface area contributed by atoms with Gasteiger partial charge in [-0.05, 0) is 19.1 Å². The van der Waals surface area contributed by atoms with E-state index in [0.29, 0.717) is 13.2 Å². The second kappa shape index (κ2) is 7.47. The average Bonchev–Trinajstić information content (AvgIpc) is 3.12. The van der Waals surface area contributed by atoms with E-state index in [9.17, 15) is 4.79 Å². The number of anilines is 1. The van der Waals surface area contributed by atoms with E-state index in [2.05, 4.69) is 26.9 Å². The summed E-state index contributed by atoms with van der Waals surface area (Å²) >= 11 is 1.49. The number of para-hydroxylation sites is 2. The molecule has 0 bridgehead atoms. The summed E-state index contributed by atoms with van der Waals surface area (Å²) in [6.07, 6.45) is 1.77. The topological polar surface area (TPSA) is 50.1 Å². The van der Waals surface area contributed by atoms with E-state index in [0.717, 1.165) is 48.3 Å². The molecule has 0 aliphatic carbocycles. The van der Waals surface area contributed by atoms with Crippen molar-refractivity contribution < 1.29 is 4.74 Å². The fourth-order valence-corrected chi connectivity index (χ4v) is 4.08. The van der Waals surface area contributed by atoms with Crippen LogP contribution in [-0.4, -0.2) is 47.1 Å². The minimum Gasteiger partial charge on any atom is -0.492 e. The molecule has 0 atom stereocenters. The van der Waals surface area contributed by atoms with Crippen molar-refractivity contribution in [3.8, 4) is 5.75 Å². The molecular weight excluding hydrogens is 348 g/mol. The minimum absolute atomic E-state index is 0.00414. The molecule has 1 fully saturated rings. The van der Waals surface area contributed by atoms with Gasteiger partial charge in [0.2, 0.25) is 0 Å². The van der Waals surface area contributed by atoms with Gasteiger partial charge in [-0.2, -0.15) is 0 Å². The van der Waals surface area contributed by atoms with Crippen LogP contribution in [0.5, 0.6) is 5.75 Å². The highest BCUT2D eigenvalue weighted by atomic mass is 32.1. The van der Waals surface area contributed by atoms with Gasteiger partial charge < -0.3 is 9.64 Å². The number of nitrogens with zero attached hydrogens (tertiary/aromatic N) is 4. The van der Waals surface area contributed by atoms with Gasteiger partial charge in [0.25, 0.3) is 5.56 Å². The highest BCUT2D eigenvalue weighted by Gasteiger charge is 2.20. The van der Waals surface area contributed by atoms with Crippen LogP contribution in [0.3, 0.4) is 0 Å². The second-order valence-corrected chi connectivity index (χ2v) is 7.18. The van der Waals surface area contributed by atoms with Crippen LogP contribution >= 0.6 is 11.3 Å². The summed E-state index contributed by atoms with van der Waals surface area (Å²) in [5.41, 5.74) is 2.00. The fraction of sp³-hybridized carbons (Fsp3) is 0.368. The molecular formula is C19H22N4O2S. The zero-order valence-corrected chi connectivity index (χ0v) is 15.6. The number of hydrogen-bond acceptors (Lipinski definition) is 6. The van der Waals surface area contributed by atoms with Crippen molar-refractivity contribution in [1.82, 2.24) is 14.3 Å². The number of aromatic nitrogens is 2. The molecule has 1 aliphatic heterocycles. The van der Waals surface area contributed by atoms with E-state index in [1.807, 2.05) is 24.4 Å². The molecule has 4 rings (SSSR count). The molecule has 3 heterocycles. The summed E-state index contributed by atoms with van der Waals surface area (Å²) in [5.74, 6) is 0.946.